The summed E-state index contributed by atoms with van der Waals surface area (Å²) in [5.41, 5.74) is 1.95. The van der Waals surface area contributed by atoms with Crippen molar-refractivity contribution >= 4 is 18.0 Å². The molecule has 7 nitrogen and oxygen atoms in total. The number of carbonyl (C=O) groups excluding carboxylic acids is 2. The van der Waals surface area contributed by atoms with E-state index in [0.29, 0.717) is 12.8 Å². The molecule has 0 saturated carbocycles. The van der Waals surface area contributed by atoms with Gasteiger partial charge in [-0.25, -0.2) is 9.59 Å². The molecule has 1 heterocycles. The third-order valence-corrected chi connectivity index (χ3v) is 5.24. The number of nitrogens with zero attached hydrogens (tertiary/aromatic N) is 1. The Morgan fingerprint density at radius 2 is 1.67 bits per heavy atom. The zero-order valence-corrected chi connectivity index (χ0v) is 16.9. The SMILES string of the molecule is C[C@H](NC(=O)[C@@H]1C[C@H](Cc2ccccc2)CN1C(=O)O)C(=O)OCc1ccccc1. The van der Waals surface area contributed by atoms with Gasteiger partial charge in [-0.1, -0.05) is 60.7 Å². The van der Waals surface area contributed by atoms with Crippen molar-refractivity contribution in [3.05, 3.63) is 71.8 Å². The number of ether oxygens (including phenoxy) is 1. The molecular weight excluding hydrogens is 384 g/mol. The third-order valence-electron chi connectivity index (χ3n) is 5.24. The molecular formula is C23H26N2O5. The van der Waals surface area contributed by atoms with Crippen molar-refractivity contribution in [2.75, 3.05) is 6.54 Å². The fraction of sp³-hybridized carbons (Fsp3) is 0.348. The van der Waals surface area contributed by atoms with Crippen LogP contribution in [-0.2, 0) is 27.4 Å². The molecule has 0 bridgehead atoms. The number of carboxylic acid groups (broad SMARTS) is 1. The highest BCUT2D eigenvalue weighted by atomic mass is 16.5. The van der Waals surface area contributed by atoms with Crippen LogP contribution >= 0.6 is 0 Å². The summed E-state index contributed by atoms with van der Waals surface area (Å²) in [6, 6.07) is 17.3. The lowest BCUT2D eigenvalue weighted by atomic mass is 9.96. The van der Waals surface area contributed by atoms with E-state index in [1.54, 1.807) is 0 Å². The van der Waals surface area contributed by atoms with Crippen molar-refractivity contribution in [1.29, 1.82) is 0 Å². The second-order valence-corrected chi connectivity index (χ2v) is 7.57. The van der Waals surface area contributed by atoms with E-state index in [-0.39, 0.29) is 19.1 Å². The van der Waals surface area contributed by atoms with Crippen molar-refractivity contribution < 1.29 is 24.2 Å². The van der Waals surface area contributed by atoms with Crippen molar-refractivity contribution in [2.45, 2.75) is 38.5 Å². The highest BCUT2D eigenvalue weighted by molar-refractivity contribution is 5.89. The van der Waals surface area contributed by atoms with Crippen molar-refractivity contribution in [3.63, 3.8) is 0 Å². The number of hydrogen-bond acceptors (Lipinski definition) is 4. The molecule has 0 aliphatic carbocycles. The Morgan fingerprint density at radius 1 is 1.07 bits per heavy atom. The maximum Gasteiger partial charge on any atom is 0.407 e. The number of benzene rings is 2. The summed E-state index contributed by atoms with van der Waals surface area (Å²) in [6.07, 6.45) is -0.0213. The molecule has 0 unspecified atom stereocenters. The van der Waals surface area contributed by atoms with Gasteiger partial charge >= 0.3 is 12.1 Å². The van der Waals surface area contributed by atoms with Gasteiger partial charge in [0.15, 0.2) is 0 Å². The largest absolute Gasteiger partial charge is 0.465 e. The van der Waals surface area contributed by atoms with Crippen LogP contribution < -0.4 is 5.32 Å². The molecule has 1 saturated heterocycles. The number of amides is 2. The summed E-state index contributed by atoms with van der Waals surface area (Å²) < 4.78 is 5.24. The second kappa shape index (κ2) is 9.91. The van der Waals surface area contributed by atoms with Crippen LogP contribution in [0, 0.1) is 5.92 Å². The monoisotopic (exact) mass is 410 g/mol. The van der Waals surface area contributed by atoms with E-state index in [9.17, 15) is 19.5 Å². The smallest absolute Gasteiger partial charge is 0.407 e. The molecule has 0 spiro atoms. The van der Waals surface area contributed by atoms with Crippen molar-refractivity contribution in [2.24, 2.45) is 5.92 Å². The van der Waals surface area contributed by atoms with Crippen LogP contribution in [0.4, 0.5) is 4.79 Å². The van der Waals surface area contributed by atoms with Crippen LogP contribution in [0.3, 0.4) is 0 Å². The Bertz CT molecular complexity index is 872. The number of likely N-dealkylation sites (tertiary alicyclic amines) is 1. The van der Waals surface area contributed by atoms with Crippen LogP contribution in [0.25, 0.3) is 0 Å². The predicted octanol–water partition coefficient (Wildman–Crippen LogP) is 2.85. The quantitative estimate of drug-likeness (QED) is 0.685. The molecule has 0 aromatic heterocycles. The summed E-state index contributed by atoms with van der Waals surface area (Å²) in [5, 5.41) is 12.1. The van der Waals surface area contributed by atoms with Gasteiger partial charge in [0.25, 0.3) is 0 Å². The number of esters is 1. The number of hydrogen-bond donors (Lipinski definition) is 2. The molecule has 3 atom stereocenters. The number of nitrogens with one attached hydrogen (secondary N) is 1. The molecule has 3 rings (SSSR count). The molecule has 30 heavy (non-hydrogen) atoms. The normalized spacial score (nSPS) is 19.2. The molecule has 7 heteroatoms. The van der Waals surface area contributed by atoms with Crippen LogP contribution in [-0.4, -0.2) is 46.6 Å². The molecule has 1 aliphatic rings. The van der Waals surface area contributed by atoms with Gasteiger partial charge in [0, 0.05) is 6.54 Å². The van der Waals surface area contributed by atoms with E-state index in [4.69, 9.17) is 4.74 Å². The maximum atomic E-state index is 12.7. The van der Waals surface area contributed by atoms with Gasteiger partial charge in [0.05, 0.1) is 0 Å². The van der Waals surface area contributed by atoms with Gasteiger partial charge in [0.1, 0.15) is 18.7 Å². The molecule has 158 valence electrons. The summed E-state index contributed by atoms with van der Waals surface area (Å²) in [7, 11) is 0. The fourth-order valence-electron chi connectivity index (χ4n) is 3.70. The highest BCUT2D eigenvalue weighted by Crippen LogP contribution is 2.27. The summed E-state index contributed by atoms with van der Waals surface area (Å²) in [5.74, 6) is -0.996. The lowest BCUT2D eigenvalue weighted by Gasteiger charge is -2.22. The minimum absolute atomic E-state index is 0.0413. The topological polar surface area (TPSA) is 95.9 Å². The Kier molecular flexibility index (Phi) is 7.06. The zero-order chi connectivity index (χ0) is 21.5. The van der Waals surface area contributed by atoms with Gasteiger partial charge in [-0.05, 0) is 36.8 Å². The summed E-state index contributed by atoms with van der Waals surface area (Å²) in [4.78, 5) is 37.7. The minimum atomic E-state index is -1.13. The first kappa shape index (κ1) is 21.4. The van der Waals surface area contributed by atoms with E-state index in [1.165, 1.54) is 6.92 Å². The molecule has 1 fully saturated rings. The fourth-order valence-corrected chi connectivity index (χ4v) is 3.70. The predicted molar refractivity (Wildman–Crippen MR) is 111 cm³/mol. The van der Waals surface area contributed by atoms with Gasteiger partial charge in [0.2, 0.25) is 5.91 Å². The molecule has 2 aromatic carbocycles. The van der Waals surface area contributed by atoms with E-state index < -0.39 is 30.1 Å². The first-order valence-corrected chi connectivity index (χ1v) is 9.98. The minimum Gasteiger partial charge on any atom is -0.465 e. The lowest BCUT2D eigenvalue weighted by Crippen LogP contribution is -2.50. The van der Waals surface area contributed by atoms with E-state index in [1.807, 2.05) is 60.7 Å². The molecule has 1 aliphatic heterocycles. The Labute approximate surface area is 175 Å². The van der Waals surface area contributed by atoms with E-state index in [2.05, 4.69) is 5.32 Å². The standard InChI is InChI=1S/C23H26N2O5/c1-16(22(27)30-15-18-10-6-3-7-11-18)24-21(26)20-13-19(14-25(20)23(28)29)12-17-8-4-2-5-9-17/h2-11,16,19-20H,12-15H2,1H3,(H,24,26)(H,28,29)/t16-,19-,20-/m0/s1. The van der Waals surface area contributed by atoms with Crippen LogP contribution in [0.15, 0.2) is 60.7 Å². The van der Waals surface area contributed by atoms with Crippen LogP contribution in [0.1, 0.15) is 24.5 Å². The van der Waals surface area contributed by atoms with Gasteiger partial charge in [-0.15, -0.1) is 0 Å². The van der Waals surface area contributed by atoms with Crippen LogP contribution in [0.5, 0.6) is 0 Å². The van der Waals surface area contributed by atoms with E-state index in [0.717, 1.165) is 16.0 Å². The van der Waals surface area contributed by atoms with E-state index >= 15 is 0 Å². The number of rotatable bonds is 7. The molecule has 0 radical (unpaired) electrons. The molecule has 2 N–H and O–H groups in total. The van der Waals surface area contributed by atoms with Crippen LogP contribution in [0.2, 0.25) is 0 Å². The Hall–Kier alpha value is -3.35. The summed E-state index contributed by atoms with van der Waals surface area (Å²) in [6.45, 7) is 1.94. The molecule has 2 amide bonds. The molecule has 2 aromatic rings. The zero-order valence-electron chi connectivity index (χ0n) is 16.9. The highest BCUT2D eigenvalue weighted by Gasteiger charge is 2.40. The number of carbonyl (C=O) groups is 3. The first-order valence-electron chi connectivity index (χ1n) is 9.98. The third kappa shape index (κ3) is 5.59. The van der Waals surface area contributed by atoms with Gasteiger partial charge in [-0.3, -0.25) is 9.69 Å². The lowest BCUT2D eigenvalue weighted by molar-refractivity contribution is -0.149. The van der Waals surface area contributed by atoms with Gasteiger partial charge in [-0.2, -0.15) is 0 Å². The maximum absolute atomic E-state index is 12.7. The first-order chi connectivity index (χ1) is 14.4. The Balaban J connectivity index is 1.55. The average molecular weight is 410 g/mol. The van der Waals surface area contributed by atoms with Gasteiger partial charge < -0.3 is 15.2 Å². The average Bonchev–Trinajstić information content (AvgIpc) is 3.17. The Morgan fingerprint density at radius 3 is 2.27 bits per heavy atom. The second-order valence-electron chi connectivity index (χ2n) is 7.57. The van der Waals surface area contributed by atoms with Crippen molar-refractivity contribution in [1.82, 2.24) is 10.2 Å². The summed E-state index contributed by atoms with van der Waals surface area (Å²) >= 11 is 0. The van der Waals surface area contributed by atoms with Crippen molar-refractivity contribution in [3.8, 4) is 0 Å².